The number of nitrogens with one attached hydrogen (secondary N) is 1. The van der Waals surface area contributed by atoms with Crippen LogP contribution in [0.3, 0.4) is 0 Å². The fourth-order valence-corrected chi connectivity index (χ4v) is 4.10. The maximum absolute atomic E-state index is 13.3. The molecule has 0 spiro atoms. The molecule has 0 saturated heterocycles. The summed E-state index contributed by atoms with van der Waals surface area (Å²) in [4.78, 5) is 25.1. The number of aromatic nitrogens is 4. The van der Waals surface area contributed by atoms with Crippen molar-refractivity contribution < 1.29 is 35.9 Å². The van der Waals surface area contributed by atoms with Crippen molar-refractivity contribution in [2.24, 2.45) is 0 Å². The number of aromatic amines is 1. The smallest absolute Gasteiger partial charge is 0.451 e. The van der Waals surface area contributed by atoms with Crippen molar-refractivity contribution >= 4 is 34.4 Å². The number of alkyl halides is 6. The van der Waals surface area contributed by atoms with Gasteiger partial charge in [0.25, 0.3) is 0 Å². The molecule has 1 aliphatic rings. The predicted octanol–water partition coefficient (Wildman–Crippen LogP) is 5.27. The van der Waals surface area contributed by atoms with Crippen LogP contribution in [0, 0.1) is 0 Å². The van der Waals surface area contributed by atoms with Crippen molar-refractivity contribution in [3.63, 3.8) is 0 Å². The first-order valence-corrected chi connectivity index (χ1v) is 10.5. The number of benzene rings is 1. The Hall–Kier alpha value is -3.35. The molecule has 2 aromatic heterocycles. The van der Waals surface area contributed by atoms with Crippen LogP contribution in [0.5, 0.6) is 0 Å². The highest BCUT2D eigenvalue weighted by Gasteiger charge is 2.43. The van der Waals surface area contributed by atoms with Gasteiger partial charge in [0.05, 0.1) is 13.2 Å². The molecule has 14 heteroatoms. The summed E-state index contributed by atoms with van der Waals surface area (Å²) < 4.78 is 84.5. The molecule has 186 valence electrons. The molecular weight excluding hydrogens is 504 g/mol. The molecular formula is C21H16ClF6N5O2. The zero-order chi connectivity index (χ0) is 25.5. The van der Waals surface area contributed by atoms with Gasteiger partial charge in [-0.25, -0.2) is 9.78 Å². The molecule has 1 N–H and O–H groups in total. The third-order valence-electron chi connectivity index (χ3n) is 5.42. The van der Waals surface area contributed by atoms with E-state index in [-0.39, 0.29) is 19.4 Å². The average Bonchev–Trinajstić information content (AvgIpc) is 3.15. The van der Waals surface area contributed by atoms with Gasteiger partial charge in [0.2, 0.25) is 17.6 Å². The molecule has 35 heavy (non-hydrogen) atoms. The van der Waals surface area contributed by atoms with Crippen LogP contribution in [0.1, 0.15) is 35.4 Å². The van der Waals surface area contributed by atoms with Gasteiger partial charge in [0, 0.05) is 34.2 Å². The highest BCUT2D eigenvalue weighted by molar-refractivity contribution is 6.31. The Morgan fingerprint density at radius 3 is 2.43 bits per heavy atom. The highest BCUT2D eigenvalue weighted by Crippen LogP contribution is 2.40. The minimum absolute atomic E-state index is 0.00179. The molecule has 1 atom stereocenters. The average molecular weight is 520 g/mol. The molecule has 0 radical (unpaired) electrons. The molecule has 0 amide bonds. The van der Waals surface area contributed by atoms with Gasteiger partial charge in [-0.15, -0.1) is 0 Å². The molecule has 3 aromatic rings. The number of rotatable bonds is 4. The molecule has 4 rings (SSSR count). The van der Waals surface area contributed by atoms with Crippen molar-refractivity contribution in [2.45, 2.75) is 31.2 Å². The molecule has 1 aliphatic heterocycles. The van der Waals surface area contributed by atoms with Crippen LogP contribution in [0.15, 0.2) is 30.4 Å². The maximum Gasteiger partial charge on any atom is 0.451 e. The Bertz CT molecular complexity index is 1270. The van der Waals surface area contributed by atoms with E-state index in [4.69, 9.17) is 11.6 Å². The number of esters is 1. The lowest BCUT2D eigenvalue weighted by atomic mass is 9.95. The number of methoxy groups -OCH3 is 1. The topological polar surface area (TPSA) is 84.0 Å². The van der Waals surface area contributed by atoms with Crippen LogP contribution in [0.2, 0.25) is 5.02 Å². The van der Waals surface area contributed by atoms with E-state index >= 15 is 0 Å². The number of carbonyl (C=O) groups is 1. The number of H-pyrrole nitrogens is 1. The third kappa shape index (κ3) is 5.04. The second kappa shape index (κ2) is 9.02. The zero-order valence-corrected chi connectivity index (χ0v) is 18.6. The summed E-state index contributed by atoms with van der Waals surface area (Å²) in [5.74, 6) is -5.35. The second-order valence-electron chi connectivity index (χ2n) is 7.61. The molecule has 0 saturated carbocycles. The van der Waals surface area contributed by atoms with Gasteiger partial charge in [0.1, 0.15) is 0 Å². The third-order valence-corrected chi connectivity index (χ3v) is 5.65. The van der Waals surface area contributed by atoms with Crippen LogP contribution >= 0.6 is 11.6 Å². The Balaban J connectivity index is 1.85. The molecule has 1 unspecified atom stereocenters. The number of nitrogens with zero attached hydrogens (tertiary/aromatic N) is 4. The van der Waals surface area contributed by atoms with Crippen LogP contribution < -0.4 is 4.90 Å². The Morgan fingerprint density at radius 2 is 1.83 bits per heavy atom. The lowest BCUT2D eigenvalue weighted by Gasteiger charge is -2.35. The minimum atomic E-state index is -5.23. The summed E-state index contributed by atoms with van der Waals surface area (Å²) in [5, 5.41) is 1.24. The lowest BCUT2D eigenvalue weighted by molar-refractivity contribution is -0.155. The molecule has 0 fully saturated rings. The second-order valence-corrected chi connectivity index (χ2v) is 8.04. The quantitative estimate of drug-likeness (QED) is 0.287. The van der Waals surface area contributed by atoms with Gasteiger partial charge in [0.15, 0.2) is 0 Å². The van der Waals surface area contributed by atoms with Gasteiger partial charge >= 0.3 is 18.3 Å². The van der Waals surface area contributed by atoms with Crippen LogP contribution in [-0.4, -0.2) is 39.6 Å². The van der Waals surface area contributed by atoms with E-state index in [0.717, 1.165) is 17.0 Å². The molecule has 0 bridgehead atoms. The Kier molecular flexibility index (Phi) is 6.38. The van der Waals surface area contributed by atoms with E-state index in [1.165, 1.54) is 18.1 Å². The van der Waals surface area contributed by atoms with Crippen LogP contribution in [0.4, 0.5) is 32.3 Å². The summed E-state index contributed by atoms with van der Waals surface area (Å²) in [6.07, 6.45) is -7.64. The van der Waals surface area contributed by atoms with E-state index in [2.05, 4.69) is 24.7 Å². The summed E-state index contributed by atoms with van der Waals surface area (Å²) in [5.41, 5.74) is 2.02. The Morgan fingerprint density at radius 1 is 1.17 bits per heavy atom. The first-order chi connectivity index (χ1) is 16.4. The Labute approximate surface area is 198 Å². The summed E-state index contributed by atoms with van der Waals surface area (Å²) >= 11 is 6.11. The van der Waals surface area contributed by atoms with Gasteiger partial charge in [-0.2, -0.15) is 36.3 Å². The lowest BCUT2D eigenvalue weighted by Crippen LogP contribution is -2.37. The summed E-state index contributed by atoms with van der Waals surface area (Å²) in [6.45, 7) is 0.00179. The summed E-state index contributed by atoms with van der Waals surface area (Å²) in [7, 11) is 1.17. The van der Waals surface area contributed by atoms with Crippen molar-refractivity contribution in [3.05, 3.63) is 58.3 Å². The van der Waals surface area contributed by atoms with E-state index < -0.39 is 42.0 Å². The standard InChI is InChI=1S/C21H16ClF6N5O2/c1-35-15(34)4-2-3-14-16-11(12-9-10(22)5-6-13(12)29-16)7-8-33(14)19-31-17(20(23,24)25)30-18(32-19)21(26,27)28/h2,4-6,9,14,29H,3,7-8H2,1H3/b4-2-. The SMILES string of the molecule is COC(=O)/C=C\CC1c2[nH]c3ccc(Cl)cc3c2CCN1c1nc(C(F)(F)F)nc(C(F)(F)F)n1. The molecule has 1 aromatic carbocycles. The van der Waals surface area contributed by atoms with E-state index in [1.807, 2.05) is 0 Å². The van der Waals surface area contributed by atoms with Crippen LogP contribution in [-0.2, 0) is 28.3 Å². The van der Waals surface area contributed by atoms with Crippen molar-refractivity contribution in [2.75, 3.05) is 18.6 Å². The highest BCUT2D eigenvalue weighted by atomic mass is 35.5. The number of anilines is 1. The largest absolute Gasteiger partial charge is 0.466 e. The van der Waals surface area contributed by atoms with Gasteiger partial charge < -0.3 is 14.6 Å². The van der Waals surface area contributed by atoms with Gasteiger partial charge in [-0.05, 0) is 36.6 Å². The number of carbonyl (C=O) groups excluding carboxylic acids is 1. The van der Waals surface area contributed by atoms with E-state index in [0.29, 0.717) is 16.2 Å². The van der Waals surface area contributed by atoms with Crippen molar-refractivity contribution in [3.8, 4) is 0 Å². The monoisotopic (exact) mass is 519 g/mol. The number of halogens is 7. The number of ether oxygens (including phenoxy) is 1. The predicted molar refractivity (Wildman–Crippen MR) is 113 cm³/mol. The zero-order valence-electron chi connectivity index (χ0n) is 17.8. The maximum atomic E-state index is 13.3. The van der Waals surface area contributed by atoms with E-state index in [1.54, 1.807) is 18.2 Å². The minimum Gasteiger partial charge on any atom is -0.466 e. The first kappa shape index (κ1) is 24.8. The first-order valence-electron chi connectivity index (χ1n) is 10.1. The van der Waals surface area contributed by atoms with Crippen molar-refractivity contribution in [1.82, 2.24) is 19.9 Å². The summed E-state index contributed by atoms with van der Waals surface area (Å²) in [6, 6.07) is 4.26. The number of fused-ring (bicyclic) bond motifs is 3. The normalized spacial score (nSPS) is 16.7. The molecule has 3 heterocycles. The number of hydrogen-bond donors (Lipinski definition) is 1. The van der Waals surface area contributed by atoms with Crippen LogP contribution in [0.25, 0.3) is 10.9 Å². The fourth-order valence-electron chi connectivity index (χ4n) is 3.93. The molecule has 0 aliphatic carbocycles. The van der Waals surface area contributed by atoms with Gasteiger partial charge in [-0.1, -0.05) is 17.7 Å². The van der Waals surface area contributed by atoms with E-state index in [9.17, 15) is 31.1 Å². The number of hydrogen-bond acceptors (Lipinski definition) is 6. The fraction of sp³-hybridized carbons (Fsp3) is 0.333. The van der Waals surface area contributed by atoms with Crippen molar-refractivity contribution in [1.29, 1.82) is 0 Å². The van der Waals surface area contributed by atoms with Gasteiger partial charge in [-0.3, -0.25) is 0 Å². The molecule has 7 nitrogen and oxygen atoms in total.